The average Bonchev–Trinajstić information content (AvgIpc) is 2.32. The van der Waals surface area contributed by atoms with Crippen LogP contribution in [0.1, 0.15) is 33.3 Å². The van der Waals surface area contributed by atoms with E-state index in [2.05, 4.69) is 10.3 Å². The second kappa shape index (κ2) is 6.43. The van der Waals surface area contributed by atoms with E-state index in [4.69, 9.17) is 0 Å². The van der Waals surface area contributed by atoms with E-state index >= 15 is 0 Å². The van der Waals surface area contributed by atoms with Crippen LogP contribution in [-0.2, 0) is 6.54 Å². The molecule has 1 N–H and O–H groups in total. The summed E-state index contributed by atoms with van der Waals surface area (Å²) < 4.78 is 37.8. The van der Waals surface area contributed by atoms with Crippen molar-refractivity contribution in [2.75, 3.05) is 18.0 Å². The molecule has 0 aliphatic heterocycles. The van der Waals surface area contributed by atoms with Gasteiger partial charge in [0.25, 0.3) is 0 Å². The molecule has 1 heterocycles. The smallest absolute Gasteiger partial charge is 0.348 e. The molecule has 0 saturated carbocycles. The summed E-state index contributed by atoms with van der Waals surface area (Å²) in [5.41, 5.74) is 0.669. The van der Waals surface area contributed by atoms with Crippen molar-refractivity contribution in [1.29, 1.82) is 0 Å². The van der Waals surface area contributed by atoms with Crippen molar-refractivity contribution in [2.24, 2.45) is 0 Å². The predicted molar refractivity (Wildman–Crippen MR) is 74.8 cm³/mol. The molecule has 1 aromatic rings. The summed E-state index contributed by atoms with van der Waals surface area (Å²) in [6.45, 7) is 7.49. The van der Waals surface area contributed by atoms with Gasteiger partial charge in [-0.3, -0.25) is 0 Å². The third-order valence-electron chi connectivity index (χ3n) is 2.73. The van der Waals surface area contributed by atoms with Gasteiger partial charge in [0.2, 0.25) is 0 Å². The van der Waals surface area contributed by atoms with Crippen LogP contribution in [-0.4, -0.2) is 29.8 Å². The summed E-state index contributed by atoms with van der Waals surface area (Å²) in [6.07, 6.45) is -2.71. The number of aromatic nitrogens is 1. The van der Waals surface area contributed by atoms with Crippen LogP contribution in [0.15, 0.2) is 18.3 Å². The van der Waals surface area contributed by atoms with Gasteiger partial charge in [-0.15, -0.1) is 0 Å². The third kappa shape index (κ3) is 5.77. The Balaban J connectivity index is 2.92. The maximum atomic E-state index is 12.6. The van der Waals surface area contributed by atoms with Crippen LogP contribution in [0.3, 0.4) is 0 Å². The van der Waals surface area contributed by atoms with Crippen molar-refractivity contribution >= 4 is 5.82 Å². The molecule has 0 atom stereocenters. The Morgan fingerprint density at radius 3 is 2.40 bits per heavy atom. The summed E-state index contributed by atoms with van der Waals surface area (Å²) in [6, 6.07) is 3.55. The molecular weight excluding hydrogens is 267 g/mol. The van der Waals surface area contributed by atoms with Gasteiger partial charge in [0.1, 0.15) is 12.4 Å². The van der Waals surface area contributed by atoms with Gasteiger partial charge in [-0.05, 0) is 33.8 Å². The largest absolute Gasteiger partial charge is 0.405 e. The maximum Gasteiger partial charge on any atom is 0.405 e. The van der Waals surface area contributed by atoms with E-state index in [1.165, 1.54) is 11.1 Å². The number of rotatable bonds is 5. The van der Waals surface area contributed by atoms with Gasteiger partial charge >= 0.3 is 6.18 Å². The number of alkyl halides is 3. The van der Waals surface area contributed by atoms with E-state index in [0.717, 1.165) is 5.56 Å². The van der Waals surface area contributed by atoms with Crippen LogP contribution < -0.4 is 10.2 Å². The van der Waals surface area contributed by atoms with Gasteiger partial charge < -0.3 is 10.2 Å². The lowest BCUT2D eigenvalue weighted by Gasteiger charge is -2.27. The van der Waals surface area contributed by atoms with E-state index in [9.17, 15) is 13.2 Å². The van der Waals surface area contributed by atoms with Gasteiger partial charge in [-0.2, -0.15) is 13.2 Å². The Labute approximate surface area is 118 Å². The number of nitrogens with one attached hydrogen (secondary N) is 1. The number of pyridine rings is 1. The monoisotopic (exact) mass is 289 g/mol. The number of hydrogen-bond acceptors (Lipinski definition) is 3. The van der Waals surface area contributed by atoms with Crippen molar-refractivity contribution < 1.29 is 13.2 Å². The number of hydrogen-bond donors (Lipinski definition) is 1. The van der Waals surface area contributed by atoms with Gasteiger partial charge in [-0.25, -0.2) is 4.98 Å². The highest BCUT2D eigenvalue weighted by Gasteiger charge is 2.31. The summed E-state index contributed by atoms with van der Waals surface area (Å²) in [7, 11) is 0. The molecule has 1 rings (SSSR count). The van der Waals surface area contributed by atoms with Gasteiger partial charge in [0.05, 0.1) is 0 Å². The SMILES string of the molecule is CCN(CC(F)(F)F)c1ncccc1CNC(C)(C)C. The van der Waals surface area contributed by atoms with Crippen molar-refractivity contribution in [3.8, 4) is 0 Å². The molecule has 0 amide bonds. The van der Waals surface area contributed by atoms with Gasteiger partial charge in [0, 0.05) is 30.4 Å². The van der Waals surface area contributed by atoms with E-state index in [-0.39, 0.29) is 12.1 Å². The molecule has 0 aromatic carbocycles. The first kappa shape index (κ1) is 16.8. The zero-order valence-corrected chi connectivity index (χ0v) is 12.4. The average molecular weight is 289 g/mol. The second-order valence-electron chi connectivity index (χ2n) is 5.72. The minimum Gasteiger partial charge on any atom is -0.348 e. The molecule has 0 saturated heterocycles. The first-order chi connectivity index (χ1) is 9.12. The molecule has 20 heavy (non-hydrogen) atoms. The molecule has 0 aliphatic carbocycles. The molecule has 114 valence electrons. The lowest BCUT2D eigenvalue weighted by molar-refractivity contribution is -0.119. The fourth-order valence-corrected chi connectivity index (χ4v) is 1.77. The normalized spacial score (nSPS) is 12.6. The second-order valence-corrected chi connectivity index (χ2v) is 5.72. The molecule has 1 aromatic heterocycles. The molecule has 6 heteroatoms. The Bertz CT molecular complexity index is 424. The van der Waals surface area contributed by atoms with Crippen LogP contribution in [0.25, 0.3) is 0 Å². The van der Waals surface area contributed by atoms with E-state index < -0.39 is 12.7 Å². The minimum atomic E-state index is -4.23. The Morgan fingerprint density at radius 2 is 1.90 bits per heavy atom. The molecule has 0 unspecified atom stereocenters. The fraction of sp³-hybridized carbons (Fsp3) is 0.643. The quantitative estimate of drug-likeness (QED) is 0.901. The molecule has 0 bridgehead atoms. The highest BCUT2D eigenvalue weighted by atomic mass is 19.4. The van der Waals surface area contributed by atoms with Gasteiger partial charge in [-0.1, -0.05) is 6.07 Å². The molecule has 0 spiro atoms. The Hall–Kier alpha value is -1.30. The summed E-state index contributed by atoms with van der Waals surface area (Å²) in [4.78, 5) is 5.37. The molecule has 3 nitrogen and oxygen atoms in total. The highest BCUT2D eigenvalue weighted by Crippen LogP contribution is 2.23. The predicted octanol–water partition coefficient (Wildman–Crippen LogP) is 3.36. The lowest BCUT2D eigenvalue weighted by Crippen LogP contribution is -2.38. The summed E-state index contributed by atoms with van der Waals surface area (Å²) >= 11 is 0. The zero-order valence-electron chi connectivity index (χ0n) is 12.4. The van der Waals surface area contributed by atoms with Crippen LogP contribution >= 0.6 is 0 Å². The summed E-state index contributed by atoms with van der Waals surface area (Å²) in [5, 5.41) is 3.27. The number of anilines is 1. The standard InChI is InChI=1S/C14H22F3N3/c1-5-20(10-14(15,16)17)12-11(7-6-8-18-12)9-19-13(2,3)4/h6-8,19H,5,9-10H2,1-4H3. The fourth-order valence-electron chi connectivity index (χ4n) is 1.77. The Morgan fingerprint density at radius 1 is 1.25 bits per heavy atom. The maximum absolute atomic E-state index is 12.6. The molecule has 0 fully saturated rings. The van der Waals surface area contributed by atoms with Crippen LogP contribution in [0, 0.1) is 0 Å². The topological polar surface area (TPSA) is 28.2 Å². The first-order valence-electron chi connectivity index (χ1n) is 6.63. The minimum absolute atomic E-state index is 0.103. The van der Waals surface area contributed by atoms with E-state index in [1.54, 1.807) is 19.1 Å². The van der Waals surface area contributed by atoms with E-state index in [0.29, 0.717) is 12.4 Å². The Kier molecular flexibility index (Phi) is 5.39. The van der Waals surface area contributed by atoms with Crippen molar-refractivity contribution in [3.63, 3.8) is 0 Å². The van der Waals surface area contributed by atoms with Crippen molar-refractivity contribution in [3.05, 3.63) is 23.9 Å². The van der Waals surface area contributed by atoms with E-state index in [1.807, 2.05) is 20.8 Å². The van der Waals surface area contributed by atoms with Crippen LogP contribution in [0.4, 0.5) is 19.0 Å². The van der Waals surface area contributed by atoms with Crippen LogP contribution in [0.5, 0.6) is 0 Å². The number of halogens is 3. The summed E-state index contributed by atoms with van der Waals surface area (Å²) in [5.74, 6) is 0.393. The van der Waals surface area contributed by atoms with Crippen LogP contribution in [0.2, 0.25) is 0 Å². The van der Waals surface area contributed by atoms with Crippen molar-refractivity contribution in [2.45, 2.75) is 46.0 Å². The third-order valence-corrected chi connectivity index (χ3v) is 2.73. The zero-order chi connectivity index (χ0) is 15.4. The lowest BCUT2D eigenvalue weighted by atomic mass is 10.1. The van der Waals surface area contributed by atoms with Crippen molar-refractivity contribution in [1.82, 2.24) is 10.3 Å². The molecule has 0 aliphatic rings. The molecular formula is C14H22F3N3. The highest BCUT2D eigenvalue weighted by molar-refractivity contribution is 5.46. The first-order valence-corrected chi connectivity index (χ1v) is 6.63. The van der Waals surface area contributed by atoms with Gasteiger partial charge in [0.15, 0.2) is 0 Å². The number of nitrogens with zero attached hydrogens (tertiary/aromatic N) is 2. The molecule has 0 radical (unpaired) electrons.